The van der Waals surface area contributed by atoms with Gasteiger partial charge in [-0.1, -0.05) is 24.3 Å². The van der Waals surface area contributed by atoms with Gasteiger partial charge < -0.3 is 20.1 Å². The predicted octanol–water partition coefficient (Wildman–Crippen LogP) is 1.70. The molecule has 0 heterocycles. The van der Waals surface area contributed by atoms with E-state index < -0.39 is 11.8 Å². The van der Waals surface area contributed by atoms with Gasteiger partial charge >= 0.3 is 0 Å². The number of para-hydroxylation sites is 3. The minimum Gasteiger partial charge on any atom is -0.493 e. The van der Waals surface area contributed by atoms with Gasteiger partial charge in [-0.2, -0.15) is 5.26 Å². The Morgan fingerprint density at radius 1 is 1.04 bits per heavy atom. The van der Waals surface area contributed by atoms with Gasteiger partial charge in [-0.3, -0.25) is 9.59 Å². The van der Waals surface area contributed by atoms with Crippen molar-refractivity contribution < 1.29 is 19.1 Å². The summed E-state index contributed by atoms with van der Waals surface area (Å²) < 4.78 is 10.5. The van der Waals surface area contributed by atoms with Crippen LogP contribution in [0.2, 0.25) is 0 Å². The van der Waals surface area contributed by atoms with E-state index in [1.165, 1.54) is 7.11 Å². The Morgan fingerprint density at radius 3 is 2.44 bits per heavy atom. The summed E-state index contributed by atoms with van der Waals surface area (Å²) in [5.74, 6) is 0.0664. The van der Waals surface area contributed by atoms with Crippen LogP contribution in [0.25, 0.3) is 0 Å². The maximum Gasteiger partial charge on any atom is 0.258 e. The lowest BCUT2D eigenvalue weighted by Crippen LogP contribution is -2.35. The lowest BCUT2D eigenvalue weighted by molar-refractivity contribution is -0.125. The summed E-state index contributed by atoms with van der Waals surface area (Å²) in [5.41, 5.74) is 0.746. The van der Waals surface area contributed by atoms with Crippen LogP contribution in [0.3, 0.4) is 0 Å². The number of anilines is 1. The van der Waals surface area contributed by atoms with Gasteiger partial charge in [0.15, 0.2) is 18.1 Å². The molecule has 2 aromatic rings. The van der Waals surface area contributed by atoms with Crippen molar-refractivity contribution in [2.24, 2.45) is 0 Å². The fraction of sp³-hybridized carbons (Fsp3) is 0.167. The maximum absolute atomic E-state index is 11.9. The molecule has 0 radical (unpaired) electrons. The predicted molar refractivity (Wildman–Crippen MR) is 91.3 cm³/mol. The number of hydrogen-bond acceptors (Lipinski definition) is 5. The molecule has 0 aromatic heterocycles. The van der Waals surface area contributed by atoms with Crippen LogP contribution in [0.1, 0.15) is 5.56 Å². The fourth-order valence-corrected chi connectivity index (χ4v) is 2.00. The van der Waals surface area contributed by atoms with Crippen LogP contribution in [0, 0.1) is 11.3 Å². The Bertz CT molecular complexity index is 799. The van der Waals surface area contributed by atoms with Crippen molar-refractivity contribution in [3.8, 4) is 17.6 Å². The van der Waals surface area contributed by atoms with Crippen molar-refractivity contribution >= 4 is 17.5 Å². The van der Waals surface area contributed by atoms with Crippen LogP contribution in [0.15, 0.2) is 48.5 Å². The highest BCUT2D eigenvalue weighted by Gasteiger charge is 2.10. The molecule has 2 amide bonds. The van der Waals surface area contributed by atoms with Gasteiger partial charge in [-0.15, -0.1) is 0 Å². The number of carbonyl (C=O) groups excluding carboxylic acids is 2. The molecule has 7 nitrogen and oxygen atoms in total. The molecule has 2 rings (SSSR count). The van der Waals surface area contributed by atoms with Gasteiger partial charge in [0, 0.05) is 0 Å². The smallest absolute Gasteiger partial charge is 0.258 e. The van der Waals surface area contributed by atoms with E-state index in [4.69, 9.17) is 14.7 Å². The number of hydrogen-bond donors (Lipinski definition) is 2. The number of nitriles is 1. The van der Waals surface area contributed by atoms with E-state index in [0.717, 1.165) is 0 Å². The zero-order chi connectivity index (χ0) is 18.1. The highest BCUT2D eigenvalue weighted by atomic mass is 16.5. The van der Waals surface area contributed by atoms with Crippen molar-refractivity contribution in [1.82, 2.24) is 5.32 Å². The van der Waals surface area contributed by atoms with E-state index in [0.29, 0.717) is 22.7 Å². The first-order valence-corrected chi connectivity index (χ1v) is 7.45. The third-order valence-electron chi connectivity index (χ3n) is 3.20. The summed E-state index contributed by atoms with van der Waals surface area (Å²) in [6.45, 7) is -0.476. The summed E-state index contributed by atoms with van der Waals surface area (Å²) in [7, 11) is 1.51. The van der Waals surface area contributed by atoms with Crippen LogP contribution < -0.4 is 20.1 Å². The minimum atomic E-state index is -0.449. The molecule has 7 heteroatoms. The molecule has 0 saturated carbocycles. The molecule has 0 aliphatic carbocycles. The van der Waals surface area contributed by atoms with Gasteiger partial charge in [-0.25, -0.2) is 0 Å². The Balaban J connectivity index is 1.80. The normalized spacial score (nSPS) is 9.60. The summed E-state index contributed by atoms with van der Waals surface area (Å²) in [5, 5.41) is 14.0. The Kier molecular flexibility index (Phi) is 6.37. The number of rotatable bonds is 7. The third kappa shape index (κ3) is 5.25. The second-order valence-electron chi connectivity index (χ2n) is 4.92. The molecule has 0 bridgehead atoms. The molecule has 0 saturated heterocycles. The van der Waals surface area contributed by atoms with E-state index in [9.17, 15) is 9.59 Å². The third-order valence-corrected chi connectivity index (χ3v) is 3.20. The highest BCUT2D eigenvalue weighted by Crippen LogP contribution is 2.25. The lowest BCUT2D eigenvalue weighted by atomic mass is 10.2. The van der Waals surface area contributed by atoms with Crippen LogP contribution in [-0.2, 0) is 9.59 Å². The van der Waals surface area contributed by atoms with Crippen molar-refractivity contribution in [2.45, 2.75) is 0 Å². The number of methoxy groups -OCH3 is 1. The van der Waals surface area contributed by atoms with Crippen molar-refractivity contribution in [1.29, 1.82) is 5.26 Å². The Labute approximate surface area is 145 Å². The summed E-state index contributed by atoms with van der Waals surface area (Å²) in [6.07, 6.45) is 0. The van der Waals surface area contributed by atoms with Crippen molar-refractivity contribution in [2.75, 3.05) is 25.6 Å². The van der Waals surface area contributed by atoms with E-state index in [2.05, 4.69) is 10.6 Å². The van der Waals surface area contributed by atoms with Gasteiger partial charge in [0.05, 0.1) is 24.9 Å². The molecule has 25 heavy (non-hydrogen) atoms. The monoisotopic (exact) mass is 339 g/mol. The first kappa shape index (κ1) is 17.8. The quantitative estimate of drug-likeness (QED) is 0.800. The number of carbonyl (C=O) groups is 2. The fourth-order valence-electron chi connectivity index (χ4n) is 2.00. The van der Waals surface area contributed by atoms with Crippen molar-refractivity contribution in [3.63, 3.8) is 0 Å². The molecular weight excluding hydrogens is 322 g/mol. The van der Waals surface area contributed by atoms with Gasteiger partial charge in [-0.05, 0) is 24.3 Å². The van der Waals surface area contributed by atoms with E-state index >= 15 is 0 Å². The highest BCUT2D eigenvalue weighted by molar-refractivity contribution is 5.95. The summed E-state index contributed by atoms with van der Waals surface area (Å²) >= 11 is 0. The van der Waals surface area contributed by atoms with Crippen molar-refractivity contribution in [3.05, 3.63) is 54.1 Å². The largest absolute Gasteiger partial charge is 0.493 e. The zero-order valence-corrected chi connectivity index (χ0v) is 13.6. The van der Waals surface area contributed by atoms with Crippen LogP contribution in [-0.4, -0.2) is 32.1 Å². The van der Waals surface area contributed by atoms with Gasteiger partial charge in [0.25, 0.3) is 5.91 Å². The van der Waals surface area contributed by atoms with E-state index in [1.54, 1.807) is 48.5 Å². The Morgan fingerprint density at radius 2 is 1.72 bits per heavy atom. The standard InChI is InChI=1S/C18H17N3O4/c1-24-15-8-4-5-9-16(15)25-12-18(23)20-11-17(22)21-14-7-3-2-6-13(14)10-19/h2-9H,11-12H2,1H3,(H,20,23)(H,21,22). The summed E-state index contributed by atoms with van der Waals surface area (Å²) in [4.78, 5) is 23.7. The number of nitrogens with one attached hydrogen (secondary N) is 2. The summed E-state index contributed by atoms with van der Waals surface area (Å²) in [6, 6.07) is 15.5. The van der Waals surface area contributed by atoms with Crippen LogP contribution in [0.5, 0.6) is 11.5 Å². The number of ether oxygens (including phenoxy) is 2. The molecule has 0 spiro atoms. The average Bonchev–Trinajstić information content (AvgIpc) is 2.65. The second kappa shape index (κ2) is 8.93. The molecular formula is C18H17N3O4. The molecule has 0 aliphatic heterocycles. The van der Waals surface area contributed by atoms with Crippen LogP contribution in [0.4, 0.5) is 5.69 Å². The first-order chi connectivity index (χ1) is 12.1. The number of benzene rings is 2. The topological polar surface area (TPSA) is 100 Å². The zero-order valence-electron chi connectivity index (χ0n) is 13.6. The van der Waals surface area contributed by atoms with E-state index in [1.807, 2.05) is 6.07 Å². The molecule has 0 aliphatic rings. The van der Waals surface area contributed by atoms with Gasteiger partial charge in [0.1, 0.15) is 6.07 Å². The van der Waals surface area contributed by atoms with Gasteiger partial charge in [0.2, 0.25) is 5.91 Å². The Hall–Kier alpha value is -3.53. The molecule has 2 aromatic carbocycles. The molecule has 0 unspecified atom stereocenters. The molecule has 2 N–H and O–H groups in total. The molecule has 0 fully saturated rings. The lowest BCUT2D eigenvalue weighted by Gasteiger charge is -2.11. The average molecular weight is 339 g/mol. The molecule has 0 atom stereocenters. The minimum absolute atomic E-state index is 0.228. The number of amides is 2. The molecule has 128 valence electrons. The van der Waals surface area contributed by atoms with Crippen LogP contribution >= 0.6 is 0 Å². The maximum atomic E-state index is 11.9. The van der Waals surface area contributed by atoms with E-state index in [-0.39, 0.29) is 13.2 Å². The SMILES string of the molecule is COc1ccccc1OCC(=O)NCC(=O)Nc1ccccc1C#N. The second-order valence-corrected chi connectivity index (χ2v) is 4.92. The number of nitrogens with zero attached hydrogens (tertiary/aromatic N) is 1. The first-order valence-electron chi connectivity index (χ1n) is 7.45.